The molecule has 6 heteroatoms. The van der Waals surface area contributed by atoms with Crippen LogP contribution in [0.25, 0.3) is 5.69 Å². The van der Waals surface area contributed by atoms with Gasteiger partial charge in [0.2, 0.25) is 0 Å². The molecule has 1 aromatic heterocycles. The number of aryl methyl sites for hydroxylation is 1. The number of nitrogen functional groups attached to an aromatic ring is 1. The molecule has 116 valence electrons. The second-order valence-electron chi connectivity index (χ2n) is 5.27. The molecule has 23 heavy (non-hydrogen) atoms. The maximum absolute atomic E-state index is 12.6. The molecule has 1 heterocycles. The van der Waals surface area contributed by atoms with Gasteiger partial charge in [-0.15, -0.1) is 5.10 Å². The summed E-state index contributed by atoms with van der Waals surface area (Å²) in [5.74, 6) is -0.0753. The van der Waals surface area contributed by atoms with E-state index >= 15 is 0 Å². The van der Waals surface area contributed by atoms with Crippen LogP contribution in [0.4, 0.5) is 11.5 Å². The summed E-state index contributed by atoms with van der Waals surface area (Å²) >= 11 is 0. The van der Waals surface area contributed by atoms with Crippen molar-refractivity contribution in [3.05, 3.63) is 65.9 Å². The first-order valence-electron chi connectivity index (χ1n) is 7.19. The van der Waals surface area contributed by atoms with Crippen LogP contribution in [-0.2, 0) is 0 Å². The first-order valence-corrected chi connectivity index (χ1v) is 7.19. The van der Waals surface area contributed by atoms with Crippen LogP contribution in [0.2, 0.25) is 0 Å². The highest BCUT2D eigenvalue weighted by Gasteiger charge is 2.22. The van der Waals surface area contributed by atoms with Gasteiger partial charge in [0.1, 0.15) is 0 Å². The van der Waals surface area contributed by atoms with Gasteiger partial charge in [-0.2, -0.15) is 4.68 Å². The number of rotatable bonds is 3. The van der Waals surface area contributed by atoms with E-state index in [9.17, 15) is 4.79 Å². The van der Waals surface area contributed by atoms with E-state index in [-0.39, 0.29) is 17.4 Å². The summed E-state index contributed by atoms with van der Waals surface area (Å²) in [6.45, 7) is 2.00. The Bertz CT molecular complexity index is 824. The van der Waals surface area contributed by atoms with Crippen molar-refractivity contribution in [2.45, 2.75) is 6.92 Å². The van der Waals surface area contributed by atoms with E-state index < -0.39 is 0 Å². The number of anilines is 2. The molecule has 0 bridgehead atoms. The number of benzene rings is 2. The minimum absolute atomic E-state index is 0.136. The maximum atomic E-state index is 12.6. The number of hydrogen-bond donors (Lipinski definition) is 1. The molecule has 3 aromatic rings. The summed E-state index contributed by atoms with van der Waals surface area (Å²) in [6, 6.07) is 17.0. The number of nitrogens with zero attached hydrogens (tertiary/aromatic N) is 4. The van der Waals surface area contributed by atoms with Crippen molar-refractivity contribution in [2.75, 3.05) is 17.7 Å². The van der Waals surface area contributed by atoms with Crippen LogP contribution in [0.5, 0.6) is 0 Å². The fourth-order valence-corrected chi connectivity index (χ4v) is 2.25. The van der Waals surface area contributed by atoms with Gasteiger partial charge in [-0.1, -0.05) is 41.1 Å². The van der Waals surface area contributed by atoms with Crippen molar-refractivity contribution in [1.29, 1.82) is 0 Å². The Labute approximate surface area is 134 Å². The maximum Gasteiger partial charge on any atom is 0.282 e. The molecule has 1 amide bonds. The normalized spacial score (nSPS) is 10.5. The molecule has 3 rings (SSSR count). The van der Waals surface area contributed by atoms with E-state index in [1.54, 1.807) is 7.05 Å². The molecule has 0 saturated heterocycles. The molecular formula is C17H17N5O. The quantitative estimate of drug-likeness (QED) is 0.806. The predicted molar refractivity (Wildman–Crippen MR) is 89.7 cm³/mol. The van der Waals surface area contributed by atoms with Crippen molar-refractivity contribution in [1.82, 2.24) is 15.0 Å². The summed E-state index contributed by atoms with van der Waals surface area (Å²) < 4.78 is 1.46. The highest BCUT2D eigenvalue weighted by Crippen LogP contribution is 2.19. The third kappa shape index (κ3) is 2.78. The molecule has 2 N–H and O–H groups in total. The zero-order chi connectivity index (χ0) is 16.4. The third-order valence-electron chi connectivity index (χ3n) is 3.63. The molecule has 0 radical (unpaired) electrons. The SMILES string of the molecule is Cc1ccc(-n2nnc(C(=O)N(C)c3ccccc3)c2N)cc1. The van der Waals surface area contributed by atoms with Crippen LogP contribution in [0.1, 0.15) is 16.1 Å². The Hall–Kier alpha value is -3.15. The molecule has 0 atom stereocenters. The van der Waals surface area contributed by atoms with Crippen LogP contribution in [0.3, 0.4) is 0 Å². The molecular weight excluding hydrogens is 290 g/mol. The van der Waals surface area contributed by atoms with Gasteiger partial charge < -0.3 is 10.6 Å². The van der Waals surface area contributed by atoms with Gasteiger partial charge in [0.25, 0.3) is 5.91 Å². The van der Waals surface area contributed by atoms with Crippen molar-refractivity contribution in [2.24, 2.45) is 0 Å². The highest BCUT2D eigenvalue weighted by atomic mass is 16.2. The standard InChI is InChI=1S/C17H17N5O/c1-12-8-10-14(11-9-12)22-16(18)15(19-20-22)17(23)21(2)13-6-4-3-5-7-13/h3-11H,18H2,1-2H3. The summed E-state index contributed by atoms with van der Waals surface area (Å²) in [4.78, 5) is 14.1. The van der Waals surface area contributed by atoms with Gasteiger partial charge in [0.15, 0.2) is 11.5 Å². The number of hydrogen-bond acceptors (Lipinski definition) is 4. The molecule has 0 saturated carbocycles. The van der Waals surface area contributed by atoms with Gasteiger partial charge in [0.05, 0.1) is 5.69 Å². The summed E-state index contributed by atoms with van der Waals surface area (Å²) in [5.41, 5.74) is 8.88. The molecule has 0 aliphatic rings. The van der Waals surface area contributed by atoms with Crippen molar-refractivity contribution in [3.8, 4) is 5.69 Å². The molecule has 0 fully saturated rings. The summed E-state index contributed by atoms with van der Waals surface area (Å²) in [6.07, 6.45) is 0. The fraction of sp³-hybridized carbons (Fsp3) is 0.118. The average molecular weight is 307 g/mol. The van der Waals surface area contributed by atoms with Gasteiger partial charge in [0, 0.05) is 12.7 Å². The first-order chi connectivity index (χ1) is 11.1. The Morgan fingerprint density at radius 2 is 1.74 bits per heavy atom. The van der Waals surface area contributed by atoms with E-state index in [0.717, 1.165) is 16.9 Å². The minimum Gasteiger partial charge on any atom is -0.382 e. The van der Waals surface area contributed by atoms with E-state index in [0.29, 0.717) is 0 Å². The lowest BCUT2D eigenvalue weighted by Gasteiger charge is -2.15. The second-order valence-corrected chi connectivity index (χ2v) is 5.27. The summed E-state index contributed by atoms with van der Waals surface area (Å²) in [7, 11) is 1.68. The van der Waals surface area contributed by atoms with Crippen molar-refractivity contribution in [3.63, 3.8) is 0 Å². The predicted octanol–water partition coefficient (Wildman–Crippen LogP) is 2.43. The van der Waals surface area contributed by atoms with Crippen LogP contribution < -0.4 is 10.6 Å². The van der Waals surface area contributed by atoms with E-state index in [1.165, 1.54) is 9.58 Å². The average Bonchev–Trinajstić information content (AvgIpc) is 2.96. The fourth-order valence-electron chi connectivity index (χ4n) is 2.25. The number of carbonyl (C=O) groups excluding carboxylic acids is 1. The van der Waals surface area contributed by atoms with Crippen LogP contribution >= 0.6 is 0 Å². The van der Waals surface area contributed by atoms with Crippen LogP contribution in [0, 0.1) is 6.92 Å². The number of nitrogens with two attached hydrogens (primary N) is 1. The lowest BCUT2D eigenvalue weighted by molar-refractivity contribution is 0.0989. The number of amides is 1. The lowest BCUT2D eigenvalue weighted by Crippen LogP contribution is -2.27. The molecule has 2 aromatic carbocycles. The van der Waals surface area contributed by atoms with E-state index in [1.807, 2.05) is 61.5 Å². The van der Waals surface area contributed by atoms with Crippen LogP contribution in [-0.4, -0.2) is 27.9 Å². The Kier molecular flexibility index (Phi) is 3.80. The van der Waals surface area contributed by atoms with Crippen molar-refractivity contribution >= 4 is 17.4 Å². The molecule has 0 unspecified atom stereocenters. The molecule has 0 aliphatic carbocycles. The number of para-hydroxylation sites is 1. The Morgan fingerprint density at radius 3 is 2.39 bits per heavy atom. The van der Waals surface area contributed by atoms with E-state index in [4.69, 9.17) is 5.73 Å². The molecule has 6 nitrogen and oxygen atoms in total. The van der Waals surface area contributed by atoms with Gasteiger partial charge in [-0.05, 0) is 31.2 Å². The molecule has 0 spiro atoms. The number of carbonyl (C=O) groups is 1. The lowest BCUT2D eigenvalue weighted by atomic mass is 10.2. The number of aromatic nitrogens is 3. The van der Waals surface area contributed by atoms with E-state index in [2.05, 4.69) is 10.3 Å². The minimum atomic E-state index is -0.299. The summed E-state index contributed by atoms with van der Waals surface area (Å²) in [5, 5.41) is 7.96. The Balaban J connectivity index is 1.92. The first kappa shape index (κ1) is 14.8. The highest BCUT2D eigenvalue weighted by molar-refractivity contribution is 6.07. The van der Waals surface area contributed by atoms with Crippen LogP contribution in [0.15, 0.2) is 54.6 Å². The molecule has 0 aliphatic heterocycles. The zero-order valence-corrected chi connectivity index (χ0v) is 13.0. The Morgan fingerprint density at radius 1 is 1.09 bits per heavy atom. The zero-order valence-electron chi connectivity index (χ0n) is 13.0. The topological polar surface area (TPSA) is 77.0 Å². The second kappa shape index (κ2) is 5.92. The van der Waals surface area contributed by atoms with Gasteiger partial charge >= 0.3 is 0 Å². The van der Waals surface area contributed by atoms with Gasteiger partial charge in [-0.25, -0.2) is 0 Å². The van der Waals surface area contributed by atoms with Crippen molar-refractivity contribution < 1.29 is 4.79 Å². The smallest absolute Gasteiger partial charge is 0.282 e. The third-order valence-corrected chi connectivity index (χ3v) is 3.63. The monoisotopic (exact) mass is 307 g/mol. The largest absolute Gasteiger partial charge is 0.382 e. The van der Waals surface area contributed by atoms with Gasteiger partial charge in [-0.3, -0.25) is 4.79 Å².